The Hall–Kier alpha value is -4.26. The van der Waals surface area contributed by atoms with Crippen molar-refractivity contribution in [2.45, 2.75) is 19.4 Å². The van der Waals surface area contributed by atoms with Gasteiger partial charge in [-0.05, 0) is 60.0 Å². The molecule has 2 aliphatic heterocycles. The van der Waals surface area contributed by atoms with Crippen molar-refractivity contribution in [3.63, 3.8) is 0 Å². The van der Waals surface area contributed by atoms with Gasteiger partial charge in [0, 0.05) is 11.3 Å². The maximum Gasteiger partial charge on any atom is 0.300 e. The average Bonchev–Trinajstić information content (AvgIpc) is 3.18. The zero-order valence-corrected chi connectivity index (χ0v) is 19.5. The average molecular weight is 472 g/mol. The number of carbonyl (C=O) groups excluding carboxylic acids is 2. The van der Waals surface area contributed by atoms with Crippen LogP contribution in [-0.4, -0.2) is 37.1 Å². The number of aliphatic hydroxyl groups is 1. The van der Waals surface area contributed by atoms with Crippen LogP contribution in [0.15, 0.2) is 72.3 Å². The lowest BCUT2D eigenvalue weighted by Gasteiger charge is -2.26. The van der Waals surface area contributed by atoms with Gasteiger partial charge in [0.25, 0.3) is 11.7 Å². The molecule has 1 unspecified atom stereocenters. The summed E-state index contributed by atoms with van der Waals surface area (Å²) >= 11 is 0. The lowest BCUT2D eigenvalue weighted by Crippen LogP contribution is -2.29. The number of anilines is 1. The highest BCUT2D eigenvalue weighted by Gasteiger charge is 2.47. The van der Waals surface area contributed by atoms with E-state index < -0.39 is 17.7 Å². The van der Waals surface area contributed by atoms with Crippen LogP contribution in [0.2, 0.25) is 0 Å². The van der Waals surface area contributed by atoms with Crippen molar-refractivity contribution in [1.29, 1.82) is 0 Å². The number of nitrogens with zero attached hydrogens (tertiary/aromatic N) is 1. The zero-order chi connectivity index (χ0) is 24.5. The fourth-order valence-corrected chi connectivity index (χ4v) is 4.44. The molecule has 0 saturated carbocycles. The third-order valence-electron chi connectivity index (χ3n) is 6.31. The van der Waals surface area contributed by atoms with Crippen molar-refractivity contribution in [2.75, 3.05) is 25.2 Å². The van der Waals surface area contributed by atoms with Crippen molar-refractivity contribution in [1.82, 2.24) is 0 Å². The number of carbonyl (C=O) groups is 2. The van der Waals surface area contributed by atoms with Crippen molar-refractivity contribution < 1.29 is 28.9 Å². The van der Waals surface area contributed by atoms with Crippen molar-refractivity contribution in [3.8, 4) is 17.2 Å². The Kier molecular flexibility index (Phi) is 5.91. The van der Waals surface area contributed by atoms with Crippen LogP contribution < -0.4 is 19.1 Å². The third-order valence-corrected chi connectivity index (χ3v) is 6.31. The van der Waals surface area contributed by atoms with E-state index in [0.29, 0.717) is 47.3 Å². The summed E-state index contributed by atoms with van der Waals surface area (Å²) in [7, 11) is 1.57. The highest BCUT2D eigenvalue weighted by atomic mass is 16.6. The Morgan fingerprint density at radius 2 is 1.66 bits per heavy atom. The molecule has 0 aliphatic carbocycles. The summed E-state index contributed by atoms with van der Waals surface area (Å²) in [6.45, 7) is 2.88. The van der Waals surface area contributed by atoms with Gasteiger partial charge in [0.2, 0.25) is 0 Å². The fraction of sp³-hybridized carbons (Fsp3) is 0.214. The maximum atomic E-state index is 13.3. The third kappa shape index (κ3) is 3.99. The number of aliphatic hydroxyl groups excluding tert-OH is 1. The van der Waals surface area contributed by atoms with Gasteiger partial charge in [-0.1, -0.05) is 31.2 Å². The number of aryl methyl sites for hydroxylation is 1. The van der Waals surface area contributed by atoms with Gasteiger partial charge in [0.1, 0.15) is 24.7 Å². The van der Waals surface area contributed by atoms with Crippen LogP contribution in [0, 0.1) is 0 Å². The molecule has 3 aromatic rings. The number of benzene rings is 3. The maximum absolute atomic E-state index is 13.3. The topological polar surface area (TPSA) is 85.3 Å². The largest absolute Gasteiger partial charge is 0.507 e. The molecule has 1 atom stereocenters. The first-order valence-electron chi connectivity index (χ1n) is 11.5. The summed E-state index contributed by atoms with van der Waals surface area (Å²) in [5, 5.41) is 11.3. The summed E-state index contributed by atoms with van der Waals surface area (Å²) in [6.07, 6.45) is 0.852. The lowest BCUT2D eigenvalue weighted by atomic mass is 9.95. The number of rotatable bonds is 5. The Bertz CT molecular complexity index is 1310. The number of hydrogen-bond acceptors (Lipinski definition) is 6. The first-order valence-corrected chi connectivity index (χ1v) is 11.5. The van der Waals surface area contributed by atoms with Crippen LogP contribution >= 0.6 is 0 Å². The monoisotopic (exact) mass is 471 g/mol. The molecule has 1 amide bonds. The zero-order valence-electron chi connectivity index (χ0n) is 19.5. The number of Topliss-reactive ketones (excluding diaryl/α,β-unsaturated/α-hetero) is 1. The van der Waals surface area contributed by atoms with Crippen LogP contribution in [0.1, 0.15) is 29.7 Å². The molecule has 178 valence electrons. The number of methoxy groups -OCH3 is 1. The van der Waals surface area contributed by atoms with Crippen molar-refractivity contribution >= 4 is 23.1 Å². The molecule has 0 aromatic heterocycles. The highest BCUT2D eigenvalue weighted by molar-refractivity contribution is 6.51. The predicted molar refractivity (Wildman–Crippen MR) is 131 cm³/mol. The van der Waals surface area contributed by atoms with Crippen LogP contribution in [0.5, 0.6) is 17.2 Å². The van der Waals surface area contributed by atoms with Crippen LogP contribution in [0.3, 0.4) is 0 Å². The number of hydrogen-bond donors (Lipinski definition) is 1. The molecule has 7 heteroatoms. The molecule has 7 nitrogen and oxygen atoms in total. The molecule has 3 aromatic carbocycles. The Labute approximate surface area is 203 Å². The van der Waals surface area contributed by atoms with E-state index in [0.717, 1.165) is 12.0 Å². The SMILES string of the molecule is CCc1ccc(N2C(=O)C(=O)/C(=C(\O)c3ccc4c(c3)OCCO4)C2c2ccc(OC)cc2)cc1. The molecular formula is C28H25NO6. The molecule has 2 heterocycles. The summed E-state index contributed by atoms with van der Waals surface area (Å²) in [6, 6.07) is 18.8. The van der Waals surface area contributed by atoms with Crippen molar-refractivity contribution in [2.24, 2.45) is 0 Å². The van der Waals surface area contributed by atoms with Gasteiger partial charge in [0.05, 0.1) is 18.7 Å². The van der Waals surface area contributed by atoms with Gasteiger partial charge in [-0.25, -0.2) is 0 Å². The summed E-state index contributed by atoms with van der Waals surface area (Å²) in [5.41, 5.74) is 2.74. The normalized spacial score (nSPS) is 18.6. The molecule has 1 fully saturated rings. The lowest BCUT2D eigenvalue weighted by molar-refractivity contribution is -0.132. The number of amides is 1. The van der Waals surface area contributed by atoms with Gasteiger partial charge in [-0.2, -0.15) is 0 Å². The van der Waals surface area contributed by atoms with E-state index in [1.807, 2.05) is 31.2 Å². The van der Waals surface area contributed by atoms with E-state index in [1.54, 1.807) is 49.6 Å². The number of fused-ring (bicyclic) bond motifs is 1. The second kappa shape index (κ2) is 9.18. The fourth-order valence-electron chi connectivity index (χ4n) is 4.44. The Morgan fingerprint density at radius 1 is 0.971 bits per heavy atom. The minimum atomic E-state index is -0.818. The minimum Gasteiger partial charge on any atom is -0.507 e. The number of ether oxygens (including phenoxy) is 3. The quantitative estimate of drug-likeness (QED) is 0.331. The van der Waals surface area contributed by atoms with E-state index in [1.165, 1.54) is 4.90 Å². The van der Waals surface area contributed by atoms with Gasteiger partial charge in [0.15, 0.2) is 11.5 Å². The van der Waals surface area contributed by atoms with E-state index in [9.17, 15) is 14.7 Å². The van der Waals surface area contributed by atoms with E-state index >= 15 is 0 Å². The molecule has 0 radical (unpaired) electrons. The van der Waals surface area contributed by atoms with Gasteiger partial charge >= 0.3 is 0 Å². The first-order chi connectivity index (χ1) is 17.0. The molecule has 1 saturated heterocycles. The van der Waals surface area contributed by atoms with E-state index in [4.69, 9.17) is 14.2 Å². The first kappa shape index (κ1) is 22.5. The Morgan fingerprint density at radius 3 is 2.31 bits per heavy atom. The molecule has 35 heavy (non-hydrogen) atoms. The minimum absolute atomic E-state index is 0.0106. The summed E-state index contributed by atoms with van der Waals surface area (Å²) in [5.74, 6) is -0.0350. The van der Waals surface area contributed by atoms with Crippen LogP contribution in [0.4, 0.5) is 5.69 Å². The molecule has 5 rings (SSSR count). The molecule has 1 N–H and O–H groups in total. The van der Waals surface area contributed by atoms with Gasteiger partial charge in [-0.15, -0.1) is 0 Å². The van der Waals surface area contributed by atoms with Gasteiger partial charge < -0.3 is 19.3 Å². The van der Waals surface area contributed by atoms with Crippen LogP contribution in [0.25, 0.3) is 5.76 Å². The predicted octanol–water partition coefficient (Wildman–Crippen LogP) is 4.66. The Balaban J connectivity index is 1.66. The highest BCUT2D eigenvalue weighted by Crippen LogP contribution is 2.43. The second-order valence-corrected chi connectivity index (χ2v) is 8.32. The van der Waals surface area contributed by atoms with E-state index in [-0.39, 0.29) is 11.3 Å². The standard InChI is InChI=1S/C28H25NO6/c1-3-17-4-9-20(10-5-17)29-25(18-6-11-21(33-2)12-7-18)24(27(31)28(29)32)26(30)19-8-13-22-23(16-19)35-15-14-34-22/h4-13,16,25,30H,3,14-15H2,1-2H3/b26-24-. The molecule has 0 spiro atoms. The molecular weight excluding hydrogens is 446 g/mol. The number of ketones is 1. The van der Waals surface area contributed by atoms with E-state index in [2.05, 4.69) is 0 Å². The smallest absolute Gasteiger partial charge is 0.300 e. The summed E-state index contributed by atoms with van der Waals surface area (Å²) < 4.78 is 16.5. The van der Waals surface area contributed by atoms with Crippen LogP contribution in [-0.2, 0) is 16.0 Å². The van der Waals surface area contributed by atoms with Gasteiger partial charge in [-0.3, -0.25) is 14.5 Å². The molecule has 2 aliphatic rings. The molecule has 0 bridgehead atoms. The van der Waals surface area contributed by atoms with Crippen molar-refractivity contribution in [3.05, 3.63) is 89.0 Å². The second-order valence-electron chi connectivity index (χ2n) is 8.32. The summed E-state index contributed by atoms with van der Waals surface area (Å²) in [4.78, 5) is 28.1.